The highest BCUT2D eigenvalue weighted by Gasteiger charge is 2.23. The molecule has 0 radical (unpaired) electrons. The molecule has 1 amide bonds. The molecule has 0 aromatic carbocycles. The number of hydrogen-bond donors (Lipinski definition) is 1. The minimum absolute atomic E-state index is 0.0121. The monoisotopic (exact) mass is 215 g/mol. The lowest BCUT2D eigenvalue weighted by Crippen LogP contribution is -2.38. The van der Waals surface area contributed by atoms with E-state index in [4.69, 9.17) is 5.11 Å². The van der Waals surface area contributed by atoms with Gasteiger partial charge in [0.15, 0.2) is 0 Å². The van der Waals surface area contributed by atoms with Crippen molar-refractivity contribution in [3.8, 4) is 0 Å². The summed E-state index contributed by atoms with van der Waals surface area (Å²) in [6.07, 6.45) is 0. The molecule has 2 unspecified atom stereocenters. The molecule has 0 aromatic rings. The molecular weight excluding hydrogens is 194 g/mol. The van der Waals surface area contributed by atoms with Crippen molar-refractivity contribution in [2.45, 2.75) is 27.7 Å². The molecule has 15 heavy (non-hydrogen) atoms. The van der Waals surface area contributed by atoms with E-state index in [9.17, 15) is 9.59 Å². The Morgan fingerprint density at radius 1 is 1.20 bits per heavy atom. The summed E-state index contributed by atoms with van der Waals surface area (Å²) in [6, 6.07) is 0. The number of carboxylic acids is 1. The van der Waals surface area contributed by atoms with Gasteiger partial charge >= 0.3 is 5.97 Å². The summed E-state index contributed by atoms with van der Waals surface area (Å²) in [5, 5.41) is 8.72. The predicted octanol–water partition coefficient (Wildman–Crippen LogP) is 1.46. The lowest BCUT2D eigenvalue weighted by molar-refractivity contribution is -0.143. The summed E-state index contributed by atoms with van der Waals surface area (Å²) < 4.78 is 0. The largest absolute Gasteiger partial charge is 0.481 e. The molecule has 0 fully saturated rings. The summed E-state index contributed by atoms with van der Waals surface area (Å²) in [7, 11) is 1.65. The average Bonchev–Trinajstić information content (AvgIpc) is 2.14. The number of nitrogens with zero attached hydrogens (tertiary/aromatic N) is 1. The van der Waals surface area contributed by atoms with Crippen molar-refractivity contribution in [1.29, 1.82) is 0 Å². The molecule has 0 spiro atoms. The maximum Gasteiger partial charge on any atom is 0.308 e. The van der Waals surface area contributed by atoms with E-state index in [-0.39, 0.29) is 24.3 Å². The van der Waals surface area contributed by atoms with Gasteiger partial charge in [-0.2, -0.15) is 0 Å². The molecule has 0 bridgehead atoms. The normalized spacial score (nSPS) is 14.8. The van der Waals surface area contributed by atoms with E-state index in [0.29, 0.717) is 0 Å². The van der Waals surface area contributed by atoms with Crippen LogP contribution in [0.5, 0.6) is 0 Å². The van der Waals surface area contributed by atoms with Gasteiger partial charge in [-0.05, 0) is 5.92 Å². The second-order valence-corrected chi connectivity index (χ2v) is 4.49. The minimum Gasteiger partial charge on any atom is -0.481 e. The van der Waals surface area contributed by atoms with Crippen molar-refractivity contribution in [2.75, 3.05) is 13.6 Å². The molecule has 0 aliphatic carbocycles. The molecule has 0 aliphatic rings. The first-order valence-corrected chi connectivity index (χ1v) is 5.25. The molecule has 0 saturated heterocycles. The molecule has 0 aromatic heterocycles. The van der Waals surface area contributed by atoms with E-state index >= 15 is 0 Å². The van der Waals surface area contributed by atoms with Gasteiger partial charge in [0, 0.05) is 19.5 Å². The summed E-state index contributed by atoms with van der Waals surface area (Å²) in [5.41, 5.74) is 0. The van der Waals surface area contributed by atoms with Crippen molar-refractivity contribution in [3.63, 3.8) is 0 Å². The maximum absolute atomic E-state index is 11.8. The molecule has 1 N–H and O–H groups in total. The summed E-state index contributed by atoms with van der Waals surface area (Å²) >= 11 is 0. The summed E-state index contributed by atoms with van der Waals surface area (Å²) in [6.45, 7) is 7.71. The van der Waals surface area contributed by atoms with Crippen LogP contribution in [0.1, 0.15) is 27.7 Å². The highest BCUT2D eigenvalue weighted by Crippen LogP contribution is 2.13. The topological polar surface area (TPSA) is 57.6 Å². The molecule has 4 heteroatoms. The third-order valence-corrected chi connectivity index (χ3v) is 2.74. The Hall–Kier alpha value is -1.06. The van der Waals surface area contributed by atoms with Crippen LogP contribution in [-0.2, 0) is 9.59 Å². The second kappa shape index (κ2) is 5.73. The van der Waals surface area contributed by atoms with Gasteiger partial charge in [-0.15, -0.1) is 0 Å². The SMILES string of the molecule is CC(CN(C)C(=O)C(C)C(C)C)C(=O)O. The van der Waals surface area contributed by atoms with Gasteiger partial charge in [0.05, 0.1) is 5.92 Å². The first-order chi connectivity index (χ1) is 6.77. The van der Waals surface area contributed by atoms with Crippen LogP contribution in [-0.4, -0.2) is 35.5 Å². The van der Waals surface area contributed by atoms with Crippen molar-refractivity contribution in [2.24, 2.45) is 17.8 Å². The maximum atomic E-state index is 11.8. The first-order valence-electron chi connectivity index (χ1n) is 5.25. The Balaban J connectivity index is 4.27. The van der Waals surface area contributed by atoms with E-state index in [1.54, 1.807) is 14.0 Å². The fraction of sp³-hybridized carbons (Fsp3) is 0.818. The van der Waals surface area contributed by atoms with Crippen LogP contribution in [0.2, 0.25) is 0 Å². The minimum atomic E-state index is -0.869. The van der Waals surface area contributed by atoms with Crippen molar-refractivity contribution >= 4 is 11.9 Å². The van der Waals surface area contributed by atoms with Gasteiger partial charge in [0.25, 0.3) is 0 Å². The first kappa shape index (κ1) is 13.9. The number of carboxylic acid groups (broad SMARTS) is 1. The van der Waals surface area contributed by atoms with E-state index in [1.165, 1.54) is 4.90 Å². The van der Waals surface area contributed by atoms with Gasteiger partial charge in [-0.25, -0.2) is 0 Å². The number of carbonyl (C=O) groups is 2. The highest BCUT2D eigenvalue weighted by atomic mass is 16.4. The summed E-state index contributed by atoms with van der Waals surface area (Å²) in [5.74, 6) is -1.15. The average molecular weight is 215 g/mol. The molecule has 0 heterocycles. The Labute approximate surface area is 91.3 Å². The van der Waals surface area contributed by atoms with Gasteiger partial charge < -0.3 is 10.0 Å². The van der Waals surface area contributed by atoms with Gasteiger partial charge in [0.1, 0.15) is 0 Å². The van der Waals surface area contributed by atoms with Crippen molar-refractivity contribution < 1.29 is 14.7 Å². The predicted molar refractivity (Wildman–Crippen MR) is 58.4 cm³/mol. The quantitative estimate of drug-likeness (QED) is 0.755. The lowest BCUT2D eigenvalue weighted by atomic mass is 9.96. The Morgan fingerprint density at radius 2 is 1.67 bits per heavy atom. The molecule has 2 atom stereocenters. The van der Waals surface area contributed by atoms with Gasteiger partial charge in [-0.1, -0.05) is 27.7 Å². The van der Waals surface area contributed by atoms with Crippen LogP contribution in [0.3, 0.4) is 0 Å². The molecule has 88 valence electrons. The van der Waals surface area contributed by atoms with Gasteiger partial charge in [-0.3, -0.25) is 9.59 Å². The third kappa shape index (κ3) is 4.32. The molecule has 0 aliphatic heterocycles. The number of aliphatic carboxylic acids is 1. The lowest BCUT2D eigenvalue weighted by Gasteiger charge is -2.24. The van der Waals surface area contributed by atoms with E-state index in [0.717, 1.165) is 0 Å². The van der Waals surface area contributed by atoms with Gasteiger partial charge in [0.2, 0.25) is 5.91 Å². The smallest absolute Gasteiger partial charge is 0.308 e. The zero-order chi connectivity index (χ0) is 12.2. The number of amides is 1. The molecular formula is C11H21NO3. The fourth-order valence-corrected chi connectivity index (χ4v) is 1.21. The number of hydrogen-bond acceptors (Lipinski definition) is 2. The Bertz CT molecular complexity index is 238. The van der Waals surface area contributed by atoms with Crippen LogP contribution in [0.4, 0.5) is 0 Å². The zero-order valence-electron chi connectivity index (χ0n) is 10.2. The fourth-order valence-electron chi connectivity index (χ4n) is 1.21. The summed E-state index contributed by atoms with van der Waals surface area (Å²) in [4.78, 5) is 23.9. The zero-order valence-corrected chi connectivity index (χ0v) is 10.2. The molecule has 0 saturated carbocycles. The number of carbonyl (C=O) groups excluding carboxylic acids is 1. The van der Waals surface area contributed by atoms with Crippen LogP contribution in [0, 0.1) is 17.8 Å². The Morgan fingerprint density at radius 3 is 2.00 bits per heavy atom. The highest BCUT2D eigenvalue weighted by molar-refractivity contribution is 5.79. The molecule has 0 rings (SSSR count). The van der Waals surface area contributed by atoms with Crippen LogP contribution >= 0.6 is 0 Å². The van der Waals surface area contributed by atoms with Crippen LogP contribution in [0.15, 0.2) is 0 Å². The van der Waals surface area contributed by atoms with E-state index in [2.05, 4.69) is 0 Å². The van der Waals surface area contributed by atoms with Crippen LogP contribution < -0.4 is 0 Å². The number of rotatable bonds is 5. The Kier molecular flexibility index (Phi) is 5.33. The molecule has 4 nitrogen and oxygen atoms in total. The third-order valence-electron chi connectivity index (χ3n) is 2.74. The second-order valence-electron chi connectivity index (χ2n) is 4.49. The van der Waals surface area contributed by atoms with Crippen LogP contribution in [0.25, 0.3) is 0 Å². The van der Waals surface area contributed by atoms with Crippen molar-refractivity contribution in [1.82, 2.24) is 4.90 Å². The van der Waals surface area contributed by atoms with Crippen molar-refractivity contribution in [3.05, 3.63) is 0 Å². The standard InChI is InChI=1S/C11H21NO3/c1-7(2)9(4)10(13)12(5)6-8(3)11(14)15/h7-9H,6H2,1-5H3,(H,14,15). The van der Waals surface area contributed by atoms with E-state index in [1.807, 2.05) is 20.8 Å². The van der Waals surface area contributed by atoms with E-state index < -0.39 is 11.9 Å².